The number of hydrogen-bond donors (Lipinski definition) is 4. The lowest BCUT2D eigenvalue weighted by atomic mass is 9.53. The Kier molecular flexibility index (Phi) is 7.37. The Labute approximate surface area is 269 Å². The van der Waals surface area contributed by atoms with E-state index in [1.165, 1.54) is 12.3 Å². The van der Waals surface area contributed by atoms with Gasteiger partial charge in [-0.05, 0) is 86.1 Å². The number of pyridine rings is 1. The molecule has 2 spiro atoms. The number of hydrogen-bond acceptors (Lipinski definition) is 7. The highest BCUT2D eigenvalue weighted by Gasteiger charge is 2.73. The van der Waals surface area contributed by atoms with Crippen LogP contribution < -0.4 is 21.7 Å². The number of nitrogens with one attached hydrogen (secondary N) is 4. The molecular formula is C32H35Cl2FN6O4. The Morgan fingerprint density at radius 3 is 2.49 bits per heavy atom. The van der Waals surface area contributed by atoms with Gasteiger partial charge in [-0.1, -0.05) is 43.1 Å². The van der Waals surface area contributed by atoms with Crippen molar-refractivity contribution < 1.29 is 18.4 Å². The molecule has 4 N–H and O–H groups in total. The molecule has 238 valence electrons. The standard InChI is InChI=1S/C32H35Cl2FN6O4/c1-30(2)10-12-31(13-11-30)32(20-8-5-17(33)15-21(20)38-28(32)43)22(19-9-14-36-25(34)23(19)35)24(39-31)26(42)37-18-6-3-16(4-7-18)27-40-41-29(44)45-27/h5,8-9,14-16,18,22,24,39H,3-4,6-7,10-13H2,1-2H3,(H,37,42)(H,38,43)(H,41,44)/t16?,18?,22-,24+,32+/m0/s1. The Morgan fingerprint density at radius 2 is 1.80 bits per heavy atom. The van der Waals surface area contributed by atoms with E-state index in [0.717, 1.165) is 12.8 Å². The highest BCUT2D eigenvalue weighted by molar-refractivity contribution is 6.31. The number of anilines is 1. The predicted molar refractivity (Wildman–Crippen MR) is 166 cm³/mol. The maximum atomic E-state index is 16.1. The van der Waals surface area contributed by atoms with Gasteiger partial charge in [-0.25, -0.2) is 19.3 Å². The molecule has 2 saturated carbocycles. The van der Waals surface area contributed by atoms with Gasteiger partial charge in [-0.3, -0.25) is 14.9 Å². The number of carbonyl (C=O) groups excluding carboxylic acids is 2. The van der Waals surface area contributed by atoms with E-state index in [1.54, 1.807) is 12.1 Å². The van der Waals surface area contributed by atoms with Crippen LogP contribution in [0.3, 0.4) is 0 Å². The van der Waals surface area contributed by atoms with E-state index >= 15 is 4.39 Å². The summed E-state index contributed by atoms with van der Waals surface area (Å²) in [5.74, 6) is -2.51. The summed E-state index contributed by atoms with van der Waals surface area (Å²) in [6, 6.07) is 5.71. The Balaban J connectivity index is 1.30. The summed E-state index contributed by atoms with van der Waals surface area (Å²) < 4.78 is 21.3. The molecule has 2 amide bonds. The van der Waals surface area contributed by atoms with Gasteiger partial charge in [0.15, 0.2) is 11.0 Å². The third-order valence-corrected chi connectivity index (χ3v) is 11.3. The normalized spacial score (nSPS) is 29.9. The van der Waals surface area contributed by atoms with Crippen LogP contribution in [0.25, 0.3) is 0 Å². The van der Waals surface area contributed by atoms with Crippen molar-refractivity contribution in [3.63, 3.8) is 0 Å². The van der Waals surface area contributed by atoms with Gasteiger partial charge in [0.25, 0.3) is 0 Å². The van der Waals surface area contributed by atoms with E-state index < -0.39 is 34.5 Å². The fourth-order valence-electron chi connectivity index (χ4n) is 8.52. The van der Waals surface area contributed by atoms with E-state index in [2.05, 4.69) is 45.0 Å². The molecule has 13 heteroatoms. The van der Waals surface area contributed by atoms with Crippen LogP contribution in [0.15, 0.2) is 39.7 Å². The van der Waals surface area contributed by atoms with Gasteiger partial charge >= 0.3 is 5.76 Å². The molecule has 4 aliphatic rings. The zero-order valence-corrected chi connectivity index (χ0v) is 26.5. The third kappa shape index (κ3) is 4.80. The highest BCUT2D eigenvalue weighted by atomic mass is 35.5. The van der Waals surface area contributed by atoms with Gasteiger partial charge in [0.1, 0.15) is 5.41 Å². The van der Waals surface area contributed by atoms with Crippen molar-refractivity contribution in [2.75, 3.05) is 5.32 Å². The average Bonchev–Trinajstić information content (AvgIpc) is 3.65. The van der Waals surface area contributed by atoms with Crippen molar-refractivity contribution in [2.45, 2.75) is 100 Å². The average molecular weight is 658 g/mol. The lowest BCUT2D eigenvalue weighted by molar-refractivity contribution is -0.125. The van der Waals surface area contributed by atoms with Gasteiger partial charge in [-0.2, -0.15) is 0 Å². The molecule has 4 heterocycles. The van der Waals surface area contributed by atoms with E-state index in [0.29, 0.717) is 60.7 Å². The zero-order valence-electron chi connectivity index (χ0n) is 25.0. The van der Waals surface area contributed by atoms with E-state index in [-0.39, 0.29) is 39.9 Å². The molecule has 3 fully saturated rings. The molecule has 45 heavy (non-hydrogen) atoms. The maximum absolute atomic E-state index is 16.1. The summed E-state index contributed by atoms with van der Waals surface area (Å²) in [4.78, 5) is 44.4. The van der Waals surface area contributed by atoms with Crippen LogP contribution in [0.5, 0.6) is 0 Å². The largest absolute Gasteiger partial charge is 0.434 e. The van der Waals surface area contributed by atoms with Crippen LogP contribution in [0.1, 0.15) is 94.1 Å². The lowest BCUT2D eigenvalue weighted by Crippen LogP contribution is -2.61. The van der Waals surface area contributed by atoms with Gasteiger partial charge < -0.3 is 15.1 Å². The van der Waals surface area contributed by atoms with E-state index in [4.69, 9.17) is 27.6 Å². The van der Waals surface area contributed by atoms with Gasteiger partial charge in [0.2, 0.25) is 17.7 Å². The Morgan fingerprint density at radius 1 is 1.07 bits per heavy atom. The summed E-state index contributed by atoms with van der Waals surface area (Å²) in [6.07, 6.45) is 6.90. The van der Waals surface area contributed by atoms with Crippen LogP contribution in [-0.4, -0.2) is 44.6 Å². The predicted octanol–water partition coefficient (Wildman–Crippen LogP) is 5.33. The first kappa shape index (κ1) is 30.4. The monoisotopic (exact) mass is 656 g/mol. The summed E-state index contributed by atoms with van der Waals surface area (Å²) in [5.41, 5.74) is -0.716. The molecule has 0 bridgehead atoms. The van der Waals surface area contributed by atoms with Gasteiger partial charge in [-0.15, -0.1) is 5.10 Å². The second kappa shape index (κ2) is 10.9. The smallest absolute Gasteiger partial charge is 0.392 e. The van der Waals surface area contributed by atoms with Crippen molar-refractivity contribution in [3.05, 3.63) is 74.0 Å². The number of nitrogens with zero attached hydrogens (tertiary/aromatic N) is 2. The number of halogens is 3. The fourth-order valence-corrected chi connectivity index (χ4v) is 8.86. The quantitative estimate of drug-likeness (QED) is 0.278. The summed E-state index contributed by atoms with van der Waals surface area (Å²) in [7, 11) is 0. The van der Waals surface area contributed by atoms with Crippen LogP contribution in [-0.2, 0) is 15.0 Å². The third-order valence-electron chi connectivity index (χ3n) is 10.8. The maximum Gasteiger partial charge on any atom is 0.434 e. The minimum absolute atomic E-state index is 0.0230. The lowest BCUT2D eigenvalue weighted by Gasteiger charge is -2.50. The number of carbonyl (C=O) groups is 2. The molecule has 7 rings (SSSR count). The highest BCUT2D eigenvalue weighted by Crippen LogP contribution is 2.64. The second-order valence-corrected chi connectivity index (χ2v) is 14.6. The summed E-state index contributed by atoms with van der Waals surface area (Å²) >= 11 is 12.6. The minimum atomic E-state index is -1.33. The van der Waals surface area contributed by atoms with Crippen LogP contribution in [0, 0.1) is 11.2 Å². The molecular weight excluding hydrogens is 622 g/mol. The molecule has 3 aromatic rings. The van der Waals surface area contributed by atoms with Gasteiger partial charge in [0.05, 0.1) is 6.04 Å². The molecule has 0 unspecified atom stereocenters. The Bertz CT molecular complexity index is 1720. The molecule has 0 radical (unpaired) electrons. The number of fused-ring (bicyclic) bond motifs is 3. The molecule has 10 nitrogen and oxygen atoms in total. The molecule has 2 aliphatic carbocycles. The number of amides is 2. The van der Waals surface area contributed by atoms with E-state index in [1.807, 2.05) is 6.07 Å². The number of rotatable bonds is 4. The molecule has 1 aromatic carbocycles. The molecule has 1 saturated heterocycles. The number of H-pyrrole nitrogens is 1. The first-order valence-electron chi connectivity index (χ1n) is 15.5. The van der Waals surface area contributed by atoms with Crippen LogP contribution in [0.2, 0.25) is 10.2 Å². The number of aromatic nitrogens is 3. The van der Waals surface area contributed by atoms with Crippen LogP contribution in [0.4, 0.5) is 10.1 Å². The Hall–Kier alpha value is -3.28. The minimum Gasteiger partial charge on any atom is -0.392 e. The second-order valence-electron chi connectivity index (χ2n) is 13.8. The number of aromatic amines is 1. The first-order valence-corrected chi connectivity index (χ1v) is 16.2. The van der Waals surface area contributed by atoms with Crippen molar-refractivity contribution in [1.82, 2.24) is 25.8 Å². The topological polar surface area (TPSA) is 142 Å². The van der Waals surface area contributed by atoms with Crippen molar-refractivity contribution in [3.8, 4) is 0 Å². The summed E-state index contributed by atoms with van der Waals surface area (Å²) in [6.45, 7) is 4.41. The number of benzene rings is 1. The molecule has 3 atom stereocenters. The van der Waals surface area contributed by atoms with Crippen molar-refractivity contribution in [1.29, 1.82) is 0 Å². The van der Waals surface area contributed by atoms with Crippen molar-refractivity contribution in [2.24, 2.45) is 5.41 Å². The zero-order chi connectivity index (χ0) is 31.7. The van der Waals surface area contributed by atoms with Crippen molar-refractivity contribution >= 4 is 40.7 Å². The van der Waals surface area contributed by atoms with E-state index in [9.17, 15) is 14.4 Å². The SMILES string of the molecule is CC1(C)CCC2(CC1)N[C@@H](C(=O)NC1CCC(c3n[nH]c(=O)o3)CC1)[C@H](c1ccnc(Cl)c1F)[C@]21C(=O)Nc2cc(Cl)ccc21. The van der Waals surface area contributed by atoms with Crippen LogP contribution >= 0.6 is 23.2 Å². The summed E-state index contributed by atoms with van der Waals surface area (Å²) in [5, 5.41) is 16.4. The first-order chi connectivity index (χ1) is 21.4. The molecule has 2 aliphatic heterocycles. The van der Waals surface area contributed by atoms with Gasteiger partial charge in [0, 0.05) is 40.3 Å². The fraction of sp³-hybridized carbons (Fsp3) is 0.531. The molecule has 2 aromatic heterocycles.